The number of rotatable bonds is 0. The van der Waals surface area contributed by atoms with E-state index in [0.717, 1.165) is 0 Å². The summed E-state index contributed by atoms with van der Waals surface area (Å²) in [6.45, 7) is 26.8. The molecule has 0 aliphatic heterocycles. The average Bonchev–Trinajstić information content (AvgIpc) is 2.19. The molecular weight excluding hydrogens is 420 g/mol. The zero-order valence-corrected chi connectivity index (χ0v) is 21.6. The van der Waals surface area contributed by atoms with Crippen LogP contribution in [-0.2, 0) is 21.1 Å². The maximum Gasteiger partial charge on any atom is 0 e. The van der Waals surface area contributed by atoms with Gasteiger partial charge in [-0.05, 0) is 80.0 Å². The minimum Gasteiger partial charge on any atom is -0.116 e. The van der Waals surface area contributed by atoms with E-state index in [-0.39, 0.29) is 21.1 Å². The van der Waals surface area contributed by atoms with Crippen molar-refractivity contribution < 1.29 is 21.1 Å². The fourth-order valence-corrected chi connectivity index (χ4v) is 0. The minimum atomic E-state index is 0. The molecule has 0 aromatic carbocycles. The molecule has 0 atom stereocenters. The summed E-state index contributed by atoms with van der Waals surface area (Å²) < 4.78 is 0. The molecule has 0 aliphatic rings. The monoisotopic (exact) mass is 458 g/mol. The van der Waals surface area contributed by atoms with Crippen LogP contribution in [0.5, 0.6) is 0 Å². The normalized spacial score (nSPS) is 7.05. The molecule has 0 spiro atoms. The Hall–Kier alpha value is 1.25. The Balaban J connectivity index is -0.0000000227. The third-order valence-electron chi connectivity index (χ3n) is 0. The fraction of sp³-hybridized carbons (Fsp3) is 1.00. The zero-order valence-electron chi connectivity index (χ0n) is 16.0. The van der Waals surface area contributed by atoms with Crippen LogP contribution >= 0.6 is 31.7 Å². The van der Waals surface area contributed by atoms with Crippen molar-refractivity contribution in [2.45, 2.75) is 0 Å². The van der Waals surface area contributed by atoms with Crippen LogP contribution in [0.4, 0.5) is 0 Å². The van der Waals surface area contributed by atoms with Crippen LogP contribution in [0.2, 0.25) is 0 Å². The van der Waals surface area contributed by atoms with Crippen molar-refractivity contribution in [3.8, 4) is 0 Å². The first-order valence-electron chi connectivity index (χ1n) is 5.77. The summed E-state index contributed by atoms with van der Waals surface area (Å²) in [6, 6.07) is 0. The summed E-state index contributed by atoms with van der Waals surface area (Å²) in [5.74, 6) is 0. The molecule has 0 radical (unpaired) electrons. The van der Waals surface area contributed by atoms with Crippen LogP contribution in [-0.4, -0.2) is 80.0 Å². The summed E-state index contributed by atoms with van der Waals surface area (Å²) in [4.78, 5) is 0. The van der Waals surface area contributed by atoms with Gasteiger partial charge in [0.1, 0.15) is 0 Å². The van der Waals surface area contributed by atoms with Crippen molar-refractivity contribution >= 4 is 31.7 Å². The van der Waals surface area contributed by atoms with Crippen molar-refractivity contribution in [3.63, 3.8) is 0 Å². The van der Waals surface area contributed by atoms with Gasteiger partial charge in [0.15, 0.2) is 0 Å². The Kier molecular flexibility index (Phi) is 102. The van der Waals surface area contributed by atoms with E-state index in [9.17, 15) is 0 Å². The van der Waals surface area contributed by atoms with Crippen molar-refractivity contribution in [3.05, 3.63) is 0 Å². The molecule has 21 heavy (non-hydrogen) atoms. The van der Waals surface area contributed by atoms with Gasteiger partial charge in [-0.3, -0.25) is 0 Å². The summed E-state index contributed by atoms with van der Waals surface area (Å²) in [7, 11) is 1.52. The van der Waals surface area contributed by atoms with Gasteiger partial charge in [0.2, 0.25) is 0 Å². The van der Waals surface area contributed by atoms with Gasteiger partial charge in [-0.1, -0.05) is 0 Å². The average molecular weight is 456 g/mol. The first-order valence-corrected chi connectivity index (χ1v) is 16.5. The quantitative estimate of drug-likeness (QED) is 0.274. The minimum absolute atomic E-state index is 0. The summed E-state index contributed by atoms with van der Waals surface area (Å²) in [5.41, 5.74) is 0. The number of hydrogen-bond acceptors (Lipinski definition) is 4. The molecule has 0 unspecified atom stereocenters. The van der Waals surface area contributed by atoms with Crippen molar-refractivity contribution in [2.24, 2.45) is 0 Å². The standard InChI is InChI=1S/4C3H9P.Mo.2N2/c4*1-4(2)3;;2*1-2/h4*1-3H3;;;. The molecule has 9 heteroatoms. The molecule has 0 aromatic heterocycles. The predicted octanol–water partition coefficient (Wildman–Crippen LogP) is 5.49. The van der Waals surface area contributed by atoms with Crippen molar-refractivity contribution in [1.29, 1.82) is 21.6 Å². The van der Waals surface area contributed by atoms with Crippen LogP contribution in [0.25, 0.3) is 0 Å². The smallest absolute Gasteiger partial charge is 0 e. The molecule has 0 aromatic rings. The van der Waals surface area contributed by atoms with Crippen LogP contribution in [0, 0.1) is 21.6 Å². The van der Waals surface area contributed by atoms with Crippen LogP contribution < -0.4 is 0 Å². The predicted molar refractivity (Wildman–Crippen MR) is 106 cm³/mol. The van der Waals surface area contributed by atoms with Gasteiger partial charge >= 0.3 is 0 Å². The summed E-state index contributed by atoms with van der Waals surface area (Å²) in [6.07, 6.45) is 0. The van der Waals surface area contributed by atoms with Crippen molar-refractivity contribution in [1.82, 2.24) is 0 Å². The van der Waals surface area contributed by atoms with E-state index in [1.165, 1.54) is 0 Å². The summed E-state index contributed by atoms with van der Waals surface area (Å²) in [5, 5.41) is 24.0. The Morgan fingerprint density at radius 1 is 0.333 bits per heavy atom. The van der Waals surface area contributed by atoms with Gasteiger partial charge in [0, 0.05) is 42.6 Å². The van der Waals surface area contributed by atoms with Crippen molar-refractivity contribution in [2.75, 3.05) is 80.0 Å². The van der Waals surface area contributed by atoms with Gasteiger partial charge in [0.25, 0.3) is 0 Å². The van der Waals surface area contributed by atoms with E-state index >= 15 is 0 Å². The van der Waals surface area contributed by atoms with E-state index in [1.807, 2.05) is 0 Å². The molecule has 0 aliphatic carbocycles. The molecule has 0 saturated heterocycles. The zero-order chi connectivity index (χ0) is 18.3. The molecule has 130 valence electrons. The second-order valence-electron chi connectivity index (χ2n) is 5.37. The molecule has 0 rings (SSSR count). The third kappa shape index (κ3) is 5050. The largest absolute Gasteiger partial charge is 0.116 e. The Morgan fingerprint density at radius 2 is 0.333 bits per heavy atom. The Labute approximate surface area is 154 Å². The number of nitrogens with zero attached hydrogens (tertiary/aromatic N) is 4. The van der Waals surface area contributed by atoms with Crippen LogP contribution in [0.1, 0.15) is 0 Å². The van der Waals surface area contributed by atoms with E-state index in [0.29, 0.717) is 31.7 Å². The SMILES string of the molecule is CP(C)C.CP(C)C.CP(C)C.CP(C)C.N#N.N#N.[Mo]. The molecular formula is C12H36MoN4P4. The fourth-order valence-electron chi connectivity index (χ4n) is 0. The van der Waals surface area contributed by atoms with Crippen LogP contribution in [0.3, 0.4) is 0 Å². The second-order valence-corrected chi connectivity index (χ2v) is 16.1. The van der Waals surface area contributed by atoms with Gasteiger partial charge in [-0.2, -0.15) is 0 Å². The van der Waals surface area contributed by atoms with Gasteiger partial charge in [-0.15, -0.1) is 31.7 Å². The molecule has 4 nitrogen and oxygen atoms in total. The van der Waals surface area contributed by atoms with E-state index in [4.69, 9.17) is 21.6 Å². The second kappa shape index (κ2) is 49.6. The Morgan fingerprint density at radius 3 is 0.333 bits per heavy atom. The molecule has 0 N–H and O–H groups in total. The van der Waals surface area contributed by atoms with Gasteiger partial charge in [0.05, 0.1) is 0 Å². The van der Waals surface area contributed by atoms with Gasteiger partial charge in [-0.25, -0.2) is 0 Å². The molecule has 0 amide bonds. The first kappa shape index (κ1) is 43.2. The summed E-state index contributed by atoms with van der Waals surface area (Å²) >= 11 is 0. The molecule has 0 saturated carbocycles. The van der Waals surface area contributed by atoms with Crippen LogP contribution in [0.15, 0.2) is 0 Å². The first-order chi connectivity index (χ1) is 8.93. The van der Waals surface area contributed by atoms with Gasteiger partial charge < -0.3 is 0 Å². The van der Waals surface area contributed by atoms with E-state index < -0.39 is 0 Å². The van der Waals surface area contributed by atoms with E-state index in [2.05, 4.69) is 80.0 Å². The van der Waals surface area contributed by atoms with E-state index in [1.54, 1.807) is 0 Å². The number of hydrogen-bond donors (Lipinski definition) is 0. The molecule has 0 fully saturated rings. The topological polar surface area (TPSA) is 95.2 Å². The third-order valence-corrected chi connectivity index (χ3v) is 0. The molecule has 0 bridgehead atoms. The molecule has 0 heterocycles. The Bertz CT molecular complexity index is 125. The maximum absolute atomic E-state index is 6.00. The maximum atomic E-state index is 6.00.